The third-order valence-corrected chi connectivity index (χ3v) is 3.66. The summed E-state index contributed by atoms with van der Waals surface area (Å²) in [5, 5.41) is 11.4. The van der Waals surface area contributed by atoms with Gasteiger partial charge in [-0.1, -0.05) is 12.1 Å². The van der Waals surface area contributed by atoms with Crippen LogP contribution in [0.2, 0.25) is 0 Å². The number of carboxylic acids is 1. The maximum atomic E-state index is 12.0. The molecule has 0 saturated heterocycles. The summed E-state index contributed by atoms with van der Waals surface area (Å²) in [6.45, 7) is 0.399. The number of nitrogens with zero attached hydrogens (tertiary/aromatic N) is 1. The third kappa shape index (κ3) is 3.39. The number of hydrogen-bond donors (Lipinski definition) is 2. The van der Waals surface area contributed by atoms with Crippen molar-refractivity contribution in [2.45, 2.75) is 13.0 Å². The molecule has 0 radical (unpaired) electrons. The predicted octanol–water partition coefficient (Wildman–Crippen LogP) is 0.725. The highest BCUT2D eigenvalue weighted by Gasteiger charge is 2.49. The first-order valence-corrected chi connectivity index (χ1v) is 6.73. The fourth-order valence-corrected chi connectivity index (χ4v) is 2.28. The van der Waals surface area contributed by atoms with Gasteiger partial charge in [0.1, 0.15) is 0 Å². The first kappa shape index (κ1) is 15.0. The molecule has 1 aromatic carbocycles. The zero-order valence-electron chi connectivity index (χ0n) is 12.0. The maximum Gasteiger partial charge on any atom is 0.307 e. The summed E-state index contributed by atoms with van der Waals surface area (Å²) in [7, 11) is 3.23. The van der Waals surface area contributed by atoms with Gasteiger partial charge < -0.3 is 15.3 Å². The Kier molecular flexibility index (Phi) is 4.26. The highest BCUT2D eigenvalue weighted by Crippen LogP contribution is 2.40. The number of carboxylic acid groups (broad SMARTS) is 1. The highest BCUT2D eigenvalue weighted by molar-refractivity contribution is 5.94. The second kappa shape index (κ2) is 5.95. The minimum atomic E-state index is -0.906. The maximum absolute atomic E-state index is 12.0. The first-order chi connectivity index (χ1) is 9.93. The lowest BCUT2D eigenvalue weighted by Crippen LogP contribution is -2.28. The van der Waals surface area contributed by atoms with E-state index in [1.807, 2.05) is 0 Å². The van der Waals surface area contributed by atoms with E-state index < -0.39 is 17.8 Å². The van der Waals surface area contributed by atoms with Gasteiger partial charge >= 0.3 is 5.97 Å². The zero-order valence-corrected chi connectivity index (χ0v) is 12.0. The van der Waals surface area contributed by atoms with Crippen LogP contribution in [0.1, 0.15) is 22.3 Å². The van der Waals surface area contributed by atoms with Crippen molar-refractivity contribution in [2.75, 3.05) is 14.1 Å². The van der Waals surface area contributed by atoms with Crippen molar-refractivity contribution in [2.24, 2.45) is 11.8 Å². The summed E-state index contributed by atoms with van der Waals surface area (Å²) in [4.78, 5) is 35.8. The van der Waals surface area contributed by atoms with Gasteiger partial charge in [-0.15, -0.1) is 0 Å². The number of amides is 2. The predicted molar refractivity (Wildman–Crippen MR) is 75.5 cm³/mol. The van der Waals surface area contributed by atoms with Crippen molar-refractivity contribution in [3.63, 3.8) is 0 Å². The van der Waals surface area contributed by atoms with Crippen LogP contribution in [0.3, 0.4) is 0 Å². The molecule has 2 rings (SSSR count). The molecule has 1 aliphatic carbocycles. The van der Waals surface area contributed by atoms with Gasteiger partial charge in [-0.25, -0.2) is 0 Å². The average molecular weight is 290 g/mol. The molecule has 21 heavy (non-hydrogen) atoms. The van der Waals surface area contributed by atoms with Crippen LogP contribution >= 0.6 is 0 Å². The molecule has 6 nitrogen and oxygen atoms in total. The average Bonchev–Trinajstić information content (AvgIpc) is 3.27. The van der Waals surface area contributed by atoms with Crippen molar-refractivity contribution in [1.29, 1.82) is 0 Å². The van der Waals surface area contributed by atoms with Crippen LogP contribution in [0.4, 0.5) is 0 Å². The fourth-order valence-electron chi connectivity index (χ4n) is 2.28. The summed E-state index contributed by atoms with van der Waals surface area (Å²) in [6.07, 6.45) is 0.425. The van der Waals surface area contributed by atoms with Crippen molar-refractivity contribution < 1.29 is 19.5 Å². The molecule has 1 aromatic rings. The molecule has 1 fully saturated rings. The van der Waals surface area contributed by atoms with Crippen LogP contribution in [0.5, 0.6) is 0 Å². The Morgan fingerprint density at radius 1 is 1.24 bits per heavy atom. The monoisotopic (exact) mass is 290 g/mol. The molecule has 1 saturated carbocycles. The van der Waals surface area contributed by atoms with E-state index in [2.05, 4.69) is 5.32 Å². The standard InChI is InChI=1S/C15H18N2O4/c1-16-13(18)10-5-3-9(4-6-10)8-17(2)14(19)11-7-12(11)15(20)21/h3-6,11-12H,7-8H2,1-2H3,(H,16,18)(H,20,21). The number of hydrogen-bond acceptors (Lipinski definition) is 3. The molecule has 0 aliphatic heterocycles. The van der Waals surface area contributed by atoms with Gasteiger partial charge in [-0.3, -0.25) is 14.4 Å². The van der Waals surface area contributed by atoms with Gasteiger partial charge in [0.05, 0.1) is 11.8 Å². The first-order valence-electron chi connectivity index (χ1n) is 6.73. The van der Waals surface area contributed by atoms with Gasteiger partial charge in [0.15, 0.2) is 0 Å². The van der Waals surface area contributed by atoms with E-state index in [4.69, 9.17) is 5.11 Å². The van der Waals surface area contributed by atoms with E-state index in [1.165, 1.54) is 4.90 Å². The van der Waals surface area contributed by atoms with E-state index in [1.54, 1.807) is 38.4 Å². The molecule has 1 aliphatic rings. The Bertz CT molecular complexity index is 568. The molecule has 2 atom stereocenters. The van der Waals surface area contributed by atoms with Crippen LogP contribution in [0.25, 0.3) is 0 Å². The minimum absolute atomic E-state index is 0.141. The van der Waals surface area contributed by atoms with Crippen molar-refractivity contribution >= 4 is 17.8 Å². The van der Waals surface area contributed by atoms with Crippen molar-refractivity contribution in [3.05, 3.63) is 35.4 Å². The smallest absolute Gasteiger partial charge is 0.307 e. The van der Waals surface area contributed by atoms with Crippen LogP contribution in [-0.2, 0) is 16.1 Å². The molecule has 2 amide bonds. The summed E-state index contributed by atoms with van der Waals surface area (Å²) < 4.78 is 0. The lowest BCUT2D eigenvalue weighted by Gasteiger charge is -2.17. The summed E-state index contributed by atoms with van der Waals surface area (Å²) in [6, 6.07) is 6.97. The molecule has 0 heterocycles. The molecule has 112 valence electrons. The van der Waals surface area contributed by atoms with Gasteiger partial charge in [-0.2, -0.15) is 0 Å². The van der Waals surface area contributed by atoms with Gasteiger partial charge in [0, 0.05) is 26.2 Å². The summed E-state index contributed by atoms with van der Waals surface area (Å²) in [5.41, 5.74) is 1.45. The van der Waals surface area contributed by atoms with E-state index >= 15 is 0 Å². The van der Waals surface area contributed by atoms with Crippen molar-refractivity contribution in [1.82, 2.24) is 10.2 Å². The van der Waals surface area contributed by atoms with Gasteiger partial charge in [-0.05, 0) is 24.1 Å². The minimum Gasteiger partial charge on any atom is -0.481 e. The number of aliphatic carboxylic acids is 1. The fraction of sp³-hybridized carbons (Fsp3) is 0.400. The summed E-state index contributed by atoms with van der Waals surface area (Å²) >= 11 is 0. The Hall–Kier alpha value is -2.37. The molecule has 6 heteroatoms. The zero-order chi connectivity index (χ0) is 15.6. The Morgan fingerprint density at radius 3 is 2.33 bits per heavy atom. The molecule has 0 spiro atoms. The highest BCUT2D eigenvalue weighted by atomic mass is 16.4. The number of carbonyl (C=O) groups is 3. The molecule has 0 bridgehead atoms. The quantitative estimate of drug-likeness (QED) is 0.837. The largest absolute Gasteiger partial charge is 0.481 e. The number of rotatable bonds is 5. The molecular formula is C15H18N2O4. The van der Waals surface area contributed by atoms with Crippen LogP contribution in [0, 0.1) is 11.8 Å². The Labute approximate surface area is 122 Å². The van der Waals surface area contributed by atoms with Crippen LogP contribution in [-0.4, -0.2) is 41.9 Å². The Morgan fingerprint density at radius 2 is 1.86 bits per heavy atom. The lowest BCUT2D eigenvalue weighted by molar-refractivity contribution is -0.141. The lowest BCUT2D eigenvalue weighted by atomic mass is 10.1. The number of nitrogens with one attached hydrogen (secondary N) is 1. The van der Waals surface area contributed by atoms with Gasteiger partial charge in [0.25, 0.3) is 5.91 Å². The van der Waals surface area contributed by atoms with E-state index in [9.17, 15) is 14.4 Å². The Balaban J connectivity index is 1.94. The number of benzene rings is 1. The normalized spacial score (nSPS) is 19.7. The summed E-state index contributed by atoms with van der Waals surface area (Å²) in [5.74, 6) is -2.13. The topological polar surface area (TPSA) is 86.7 Å². The van der Waals surface area contributed by atoms with E-state index in [0.29, 0.717) is 18.5 Å². The SMILES string of the molecule is CNC(=O)c1ccc(CN(C)C(=O)C2CC2C(=O)O)cc1. The van der Waals surface area contributed by atoms with E-state index in [0.717, 1.165) is 5.56 Å². The second-order valence-electron chi connectivity index (χ2n) is 5.26. The molecule has 2 N–H and O–H groups in total. The third-order valence-electron chi connectivity index (χ3n) is 3.66. The molecule has 0 aromatic heterocycles. The van der Waals surface area contributed by atoms with Crippen LogP contribution in [0.15, 0.2) is 24.3 Å². The molecule has 2 unspecified atom stereocenters. The van der Waals surface area contributed by atoms with Crippen molar-refractivity contribution in [3.8, 4) is 0 Å². The molecular weight excluding hydrogens is 272 g/mol. The second-order valence-corrected chi connectivity index (χ2v) is 5.26. The van der Waals surface area contributed by atoms with Gasteiger partial charge in [0.2, 0.25) is 5.91 Å². The number of carbonyl (C=O) groups excluding carboxylic acids is 2. The van der Waals surface area contributed by atoms with E-state index in [-0.39, 0.29) is 11.8 Å². The van der Waals surface area contributed by atoms with Crippen LogP contribution < -0.4 is 5.32 Å².